The predicted molar refractivity (Wildman–Crippen MR) is 95.7 cm³/mol. The van der Waals surface area contributed by atoms with Crippen LogP contribution in [-0.4, -0.2) is 49.1 Å². The maximum Gasteiger partial charge on any atom is 0.315 e. The molecule has 1 aromatic carbocycles. The van der Waals surface area contributed by atoms with Crippen LogP contribution < -0.4 is 0 Å². The van der Waals surface area contributed by atoms with E-state index >= 15 is 0 Å². The van der Waals surface area contributed by atoms with Gasteiger partial charge in [0.2, 0.25) is 18.6 Å². The van der Waals surface area contributed by atoms with Gasteiger partial charge in [0, 0.05) is 6.92 Å². The summed E-state index contributed by atoms with van der Waals surface area (Å²) in [6.45, 7) is 4.72. The van der Waals surface area contributed by atoms with Gasteiger partial charge in [0.1, 0.15) is 0 Å². The molecule has 1 aromatic rings. The number of carbonyl (C=O) groups is 2. The van der Waals surface area contributed by atoms with Crippen LogP contribution in [0.15, 0.2) is 30.3 Å². The molecule has 0 spiro atoms. The predicted octanol–water partition coefficient (Wildman–Crippen LogP) is 3.42. The highest BCUT2D eigenvalue weighted by Gasteiger charge is 2.62. The standard InChI is InChI=1S/C20H25F3O6/c1-12(24)27-17-15(21)16(29-18(25)19(2,3)4)20(22,23)14(28-17)11-26-10-13-8-6-5-7-9-13/h5-9,14-17H,10-11H2,1-4H3/t14-,15+,16-,17+/m1/s1. The maximum atomic E-state index is 14.9. The van der Waals surface area contributed by atoms with Gasteiger partial charge in [-0.1, -0.05) is 30.3 Å². The summed E-state index contributed by atoms with van der Waals surface area (Å²) in [5.41, 5.74) is -0.396. The first kappa shape index (κ1) is 23.2. The van der Waals surface area contributed by atoms with Crippen LogP contribution in [-0.2, 0) is 35.1 Å². The molecular formula is C20H25F3O6. The van der Waals surface area contributed by atoms with Crippen LogP contribution in [0.5, 0.6) is 0 Å². The van der Waals surface area contributed by atoms with Gasteiger partial charge in [0.05, 0.1) is 18.6 Å². The summed E-state index contributed by atoms with van der Waals surface area (Å²) in [6.07, 6.45) is -8.99. The largest absolute Gasteiger partial charge is 0.452 e. The van der Waals surface area contributed by atoms with Crippen molar-refractivity contribution in [1.82, 2.24) is 0 Å². The fourth-order valence-electron chi connectivity index (χ4n) is 2.57. The van der Waals surface area contributed by atoms with Crippen LogP contribution in [0.1, 0.15) is 33.3 Å². The number of rotatable bonds is 6. The van der Waals surface area contributed by atoms with Gasteiger partial charge in [-0.2, -0.15) is 8.78 Å². The Balaban J connectivity index is 2.17. The SMILES string of the molecule is CC(=O)O[C@H]1O[C@H](COCc2ccccc2)C(F)(F)[C@H](OC(=O)C(C)(C)C)[C@@H]1F. The summed E-state index contributed by atoms with van der Waals surface area (Å²) < 4.78 is 64.2. The lowest BCUT2D eigenvalue weighted by Crippen LogP contribution is -2.63. The van der Waals surface area contributed by atoms with Crippen LogP contribution in [0.4, 0.5) is 13.2 Å². The number of alkyl halides is 3. The molecule has 2 rings (SSSR count). The third-order valence-corrected chi connectivity index (χ3v) is 4.17. The number of carbonyl (C=O) groups excluding carboxylic acids is 2. The van der Waals surface area contributed by atoms with Crippen molar-refractivity contribution < 1.29 is 41.7 Å². The van der Waals surface area contributed by atoms with Crippen molar-refractivity contribution >= 4 is 11.9 Å². The van der Waals surface area contributed by atoms with Crippen molar-refractivity contribution in [3.05, 3.63) is 35.9 Å². The third-order valence-electron chi connectivity index (χ3n) is 4.17. The normalized spacial score (nSPS) is 26.6. The molecule has 0 saturated carbocycles. The fraction of sp³-hybridized carbons (Fsp3) is 0.600. The van der Waals surface area contributed by atoms with Gasteiger partial charge in [-0.3, -0.25) is 9.59 Å². The lowest BCUT2D eigenvalue weighted by atomic mass is 9.95. The highest BCUT2D eigenvalue weighted by Crippen LogP contribution is 2.39. The number of hydrogen-bond acceptors (Lipinski definition) is 6. The Morgan fingerprint density at radius 2 is 1.76 bits per heavy atom. The molecule has 0 radical (unpaired) electrons. The molecule has 1 fully saturated rings. The molecule has 0 aliphatic carbocycles. The summed E-state index contributed by atoms with van der Waals surface area (Å²) in [5, 5.41) is 0. The van der Waals surface area contributed by atoms with Crippen LogP contribution in [0.2, 0.25) is 0 Å². The molecule has 0 bridgehead atoms. The van der Waals surface area contributed by atoms with Crippen molar-refractivity contribution in [2.75, 3.05) is 6.61 Å². The van der Waals surface area contributed by atoms with E-state index in [1.54, 1.807) is 30.3 Å². The second-order valence-corrected chi connectivity index (χ2v) is 7.80. The second kappa shape index (κ2) is 9.13. The van der Waals surface area contributed by atoms with Gasteiger partial charge < -0.3 is 18.9 Å². The second-order valence-electron chi connectivity index (χ2n) is 7.80. The molecule has 4 atom stereocenters. The smallest absolute Gasteiger partial charge is 0.315 e. The molecule has 1 heterocycles. The quantitative estimate of drug-likeness (QED) is 0.660. The number of ether oxygens (including phenoxy) is 4. The molecule has 0 N–H and O–H groups in total. The Kier molecular flexibility index (Phi) is 7.29. The van der Waals surface area contributed by atoms with Crippen LogP contribution in [0.3, 0.4) is 0 Å². The lowest BCUT2D eigenvalue weighted by molar-refractivity contribution is -0.330. The molecule has 9 heteroatoms. The first-order chi connectivity index (χ1) is 13.4. The van der Waals surface area contributed by atoms with E-state index in [0.29, 0.717) is 0 Å². The Morgan fingerprint density at radius 1 is 1.14 bits per heavy atom. The van der Waals surface area contributed by atoms with Crippen molar-refractivity contribution in [2.45, 2.75) is 64.9 Å². The number of esters is 2. The van der Waals surface area contributed by atoms with E-state index in [9.17, 15) is 22.8 Å². The van der Waals surface area contributed by atoms with Crippen molar-refractivity contribution in [2.24, 2.45) is 5.41 Å². The van der Waals surface area contributed by atoms with E-state index < -0.39 is 54.6 Å². The van der Waals surface area contributed by atoms with Gasteiger partial charge in [0.25, 0.3) is 0 Å². The van der Waals surface area contributed by atoms with E-state index in [0.717, 1.165) is 12.5 Å². The Morgan fingerprint density at radius 3 is 2.31 bits per heavy atom. The van der Waals surface area contributed by atoms with Gasteiger partial charge >= 0.3 is 17.9 Å². The topological polar surface area (TPSA) is 71.1 Å². The van der Waals surface area contributed by atoms with E-state index in [1.807, 2.05) is 0 Å². The highest BCUT2D eigenvalue weighted by molar-refractivity contribution is 5.75. The number of halogens is 3. The van der Waals surface area contributed by atoms with Crippen molar-refractivity contribution in [3.8, 4) is 0 Å². The summed E-state index contributed by atoms with van der Waals surface area (Å²) in [6, 6.07) is 8.80. The van der Waals surface area contributed by atoms with Gasteiger partial charge in [0.15, 0.2) is 6.10 Å². The minimum Gasteiger partial charge on any atom is -0.452 e. The maximum absolute atomic E-state index is 14.9. The Hall–Kier alpha value is -2.13. The summed E-state index contributed by atoms with van der Waals surface area (Å²) in [4.78, 5) is 23.3. The zero-order valence-electron chi connectivity index (χ0n) is 16.7. The van der Waals surface area contributed by atoms with Crippen LogP contribution >= 0.6 is 0 Å². The first-order valence-electron chi connectivity index (χ1n) is 9.10. The summed E-state index contributed by atoms with van der Waals surface area (Å²) in [5.74, 6) is -5.85. The molecule has 0 amide bonds. The van der Waals surface area contributed by atoms with Crippen molar-refractivity contribution in [3.63, 3.8) is 0 Å². The monoisotopic (exact) mass is 418 g/mol. The molecule has 0 aromatic heterocycles. The van der Waals surface area contributed by atoms with Crippen molar-refractivity contribution in [1.29, 1.82) is 0 Å². The first-order valence-corrected chi connectivity index (χ1v) is 9.10. The van der Waals surface area contributed by atoms with Gasteiger partial charge in [-0.15, -0.1) is 0 Å². The number of benzene rings is 1. The van der Waals surface area contributed by atoms with Crippen LogP contribution in [0, 0.1) is 5.41 Å². The molecule has 1 saturated heterocycles. The zero-order valence-corrected chi connectivity index (χ0v) is 16.7. The van der Waals surface area contributed by atoms with E-state index in [4.69, 9.17) is 14.2 Å². The molecule has 162 valence electrons. The Bertz CT molecular complexity index is 704. The molecule has 1 aliphatic heterocycles. The van der Waals surface area contributed by atoms with E-state index in [2.05, 4.69) is 4.74 Å². The molecule has 0 unspecified atom stereocenters. The third kappa shape index (κ3) is 5.93. The zero-order chi connectivity index (χ0) is 21.8. The van der Waals surface area contributed by atoms with E-state index in [-0.39, 0.29) is 6.61 Å². The molecule has 29 heavy (non-hydrogen) atoms. The fourth-order valence-corrected chi connectivity index (χ4v) is 2.57. The average molecular weight is 418 g/mol. The molecular weight excluding hydrogens is 393 g/mol. The number of hydrogen-bond donors (Lipinski definition) is 0. The van der Waals surface area contributed by atoms with Gasteiger partial charge in [-0.05, 0) is 26.3 Å². The van der Waals surface area contributed by atoms with E-state index in [1.165, 1.54) is 20.8 Å². The van der Waals surface area contributed by atoms with Crippen LogP contribution in [0.25, 0.3) is 0 Å². The Labute approximate surface area is 167 Å². The van der Waals surface area contributed by atoms with Gasteiger partial charge in [-0.25, -0.2) is 4.39 Å². The average Bonchev–Trinajstić information content (AvgIpc) is 2.62. The summed E-state index contributed by atoms with van der Waals surface area (Å²) in [7, 11) is 0. The highest BCUT2D eigenvalue weighted by atomic mass is 19.3. The molecule has 1 aliphatic rings. The lowest BCUT2D eigenvalue weighted by Gasteiger charge is -2.42. The molecule has 6 nitrogen and oxygen atoms in total. The summed E-state index contributed by atoms with van der Waals surface area (Å²) >= 11 is 0. The minimum atomic E-state index is -3.91. The minimum absolute atomic E-state index is 0.0144.